The number of amides is 1. The Kier molecular flexibility index (Phi) is 5.03. The van der Waals surface area contributed by atoms with E-state index in [1.165, 1.54) is 11.8 Å². The first-order valence-electron chi connectivity index (χ1n) is 8.19. The lowest BCUT2D eigenvalue weighted by molar-refractivity contribution is -0.119. The summed E-state index contributed by atoms with van der Waals surface area (Å²) < 4.78 is 28.6. The van der Waals surface area contributed by atoms with E-state index in [9.17, 15) is 13.2 Å². The number of sulfone groups is 1. The molecule has 0 unspecified atom stereocenters. The summed E-state index contributed by atoms with van der Waals surface area (Å²) in [5.74, 6) is 0.355. The zero-order valence-electron chi connectivity index (χ0n) is 13.9. The number of benzene rings is 1. The van der Waals surface area contributed by atoms with E-state index in [2.05, 4.69) is 17.2 Å². The Labute approximate surface area is 147 Å². The molecular weight excluding hydrogens is 340 g/mol. The summed E-state index contributed by atoms with van der Waals surface area (Å²) in [6, 6.07) is 11.1. The van der Waals surface area contributed by atoms with Crippen LogP contribution in [0.15, 0.2) is 42.6 Å². The third-order valence-electron chi connectivity index (χ3n) is 4.14. The average molecular weight is 360 g/mol. The summed E-state index contributed by atoms with van der Waals surface area (Å²) >= 11 is 0. The topological polar surface area (TPSA) is 85.4 Å². The zero-order chi connectivity index (χ0) is 17.9. The molecule has 1 atom stereocenters. The quantitative estimate of drug-likeness (QED) is 0.886. The minimum absolute atomic E-state index is 0.0763. The highest BCUT2D eigenvalue weighted by atomic mass is 32.2. The molecular formula is C18H20N2O4S. The van der Waals surface area contributed by atoms with Crippen molar-refractivity contribution in [1.82, 2.24) is 4.98 Å². The Balaban J connectivity index is 1.61. The average Bonchev–Trinajstić information content (AvgIpc) is 2.97. The van der Waals surface area contributed by atoms with Gasteiger partial charge in [-0.05, 0) is 36.6 Å². The Morgan fingerprint density at radius 3 is 2.80 bits per heavy atom. The smallest absolute Gasteiger partial charge is 0.228 e. The van der Waals surface area contributed by atoms with Crippen molar-refractivity contribution >= 4 is 21.4 Å². The summed E-state index contributed by atoms with van der Waals surface area (Å²) in [7, 11) is -3.08. The summed E-state index contributed by atoms with van der Waals surface area (Å²) in [6.45, 7) is 2.07. The molecule has 1 aromatic carbocycles. The second kappa shape index (κ2) is 7.23. The van der Waals surface area contributed by atoms with Crippen molar-refractivity contribution in [3.63, 3.8) is 0 Å². The number of ether oxygens (including phenoxy) is 1. The van der Waals surface area contributed by atoms with Gasteiger partial charge in [-0.15, -0.1) is 0 Å². The van der Waals surface area contributed by atoms with Crippen LogP contribution in [0.2, 0.25) is 0 Å². The SMILES string of the molecule is CCc1cccc(Oc2ccc(NC(=O)[C@@H]3CCS(=O)(=O)C3)cn2)c1. The van der Waals surface area contributed by atoms with Crippen molar-refractivity contribution in [1.29, 1.82) is 0 Å². The van der Waals surface area contributed by atoms with E-state index in [-0.39, 0.29) is 17.4 Å². The Morgan fingerprint density at radius 2 is 2.16 bits per heavy atom. The fourth-order valence-corrected chi connectivity index (χ4v) is 4.45. The van der Waals surface area contributed by atoms with E-state index in [1.807, 2.05) is 24.3 Å². The van der Waals surface area contributed by atoms with Gasteiger partial charge in [0.25, 0.3) is 0 Å². The molecule has 1 aliphatic heterocycles. The molecule has 1 amide bonds. The van der Waals surface area contributed by atoms with Crippen LogP contribution in [-0.4, -0.2) is 30.8 Å². The van der Waals surface area contributed by atoms with Crippen molar-refractivity contribution in [3.8, 4) is 11.6 Å². The fourth-order valence-electron chi connectivity index (χ4n) is 2.71. The summed E-state index contributed by atoms with van der Waals surface area (Å²) in [5, 5.41) is 2.71. The normalized spacial score (nSPS) is 18.7. The number of rotatable bonds is 5. The lowest BCUT2D eigenvalue weighted by Gasteiger charge is -2.10. The number of aryl methyl sites for hydroxylation is 1. The standard InChI is InChI=1S/C18H20N2O4S/c1-2-13-4-3-5-16(10-13)24-17-7-6-15(11-19-17)20-18(21)14-8-9-25(22,23)12-14/h3-7,10-11,14H,2,8-9,12H2,1H3,(H,20,21)/t14-/m1/s1. The van der Waals surface area contributed by atoms with Crippen LogP contribution in [0.25, 0.3) is 0 Å². The summed E-state index contributed by atoms with van der Waals surface area (Å²) in [4.78, 5) is 16.3. The Hall–Kier alpha value is -2.41. The van der Waals surface area contributed by atoms with Gasteiger partial charge in [-0.25, -0.2) is 13.4 Å². The van der Waals surface area contributed by atoms with E-state index < -0.39 is 15.8 Å². The third-order valence-corrected chi connectivity index (χ3v) is 5.90. The number of hydrogen-bond acceptors (Lipinski definition) is 5. The number of anilines is 1. The van der Waals surface area contributed by atoms with Gasteiger partial charge >= 0.3 is 0 Å². The lowest BCUT2D eigenvalue weighted by Crippen LogP contribution is -2.23. The van der Waals surface area contributed by atoms with E-state index in [0.717, 1.165) is 6.42 Å². The maximum absolute atomic E-state index is 12.1. The van der Waals surface area contributed by atoms with E-state index in [4.69, 9.17) is 4.74 Å². The second-order valence-electron chi connectivity index (χ2n) is 6.08. The number of hydrogen-bond donors (Lipinski definition) is 1. The van der Waals surface area contributed by atoms with Crippen molar-refractivity contribution in [2.45, 2.75) is 19.8 Å². The first-order valence-corrected chi connectivity index (χ1v) is 10.0. The van der Waals surface area contributed by atoms with Crippen LogP contribution in [0, 0.1) is 5.92 Å². The number of carbonyl (C=O) groups excluding carboxylic acids is 1. The van der Waals surface area contributed by atoms with Crippen molar-refractivity contribution in [2.75, 3.05) is 16.8 Å². The molecule has 1 aromatic heterocycles. The molecule has 1 saturated heterocycles. The van der Waals surface area contributed by atoms with E-state index in [1.54, 1.807) is 12.1 Å². The predicted octanol–water partition coefficient (Wildman–Crippen LogP) is 2.81. The molecule has 1 fully saturated rings. The van der Waals surface area contributed by atoms with Crippen LogP contribution >= 0.6 is 0 Å². The number of nitrogens with one attached hydrogen (secondary N) is 1. The number of carbonyl (C=O) groups is 1. The second-order valence-corrected chi connectivity index (χ2v) is 8.31. The molecule has 2 heterocycles. The molecule has 25 heavy (non-hydrogen) atoms. The molecule has 1 aliphatic rings. The maximum atomic E-state index is 12.1. The third kappa shape index (κ3) is 4.57. The maximum Gasteiger partial charge on any atom is 0.228 e. The predicted molar refractivity (Wildman–Crippen MR) is 95.5 cm³/mol. The molecule has 1 N–H and O–H groups in total. The first-order chi connectivity index (χ1) is 11.9. The monoisotopic (exact) mass is 360 g/mol. The van der Waals surface area contributed by atoms with Crippen molar-refractivity contribution < 1.29 is 17.9 Å². The highest BCUT2D eigenvalue weighted by Gasteiger charge is 2.32. The van der Waals surface area contributed by atoms with Crippen molar-refractivity contribution in [3.05, 3.63) is 48.2 Å². The first kappa shape index (κ1) is 17.4. The van der Waals surface area contributed by atoms with Gasteiger partial charge in [0, 0.05) is 6.07 Å². The highest BCUT2D eigenvalue weighted by molar-refractivity contribution is 7.91. The van der Waals surface area contributed by atoms with Crippen LogP contribution in [0.3, 0.4) is 0 Å². The molecule has 7 heteroatoms. The zero-order valence-corrected chi connectivity index (χ0v) is 14.8. The van der Waals surface area contributed by atoms with Crippen LogP contribution in [0.4, 0.5) is 5.69 Å². The van der Waals surface area contributed by atoms with Gasteiger partial charge in [0.1, 0.15) is 5.75 Å². The van der Waals surface area contributed by atoms with Crippen LogP contribution in [0.1, 0.15) is 18.9 Å². The summed E-state index contributed by atoms with van der Waals surface area (Å²) in [6.07, 6.45) is 2.80. The summed E-state index contributed by atoms with van der Waals surface area (Å²) in [5.41, 5.74) is 1.69. The van der Waals surface area contributed by atoms with Gasteiger partial charge in [0.2, 0.25) is 11.8 Å². The number of pyridine rings is 1. The fraction of sp³-hybridized carbons (Fsp3) is 0.333. The van der Waals surface area contributed by atoms with E-state index >= 15 is 0 Å². The van der Waals surface area contributed by atoms with Crippen LogP contribution in [0.5, 0.6) is 11.6 Å². The molecule has 3 rings (SSSR count). The minimum atomic E-state index is -3.08. The number of aromatic nitrogens is 1. The van der Waals surface area contributed by atoms with E-state index in [0.29, 0.717) is 23.7 Å². The van der Waals surface area contributed by atoms with Crippen LogP contribution < -0.4 is 10.1 Å². The van der Waals surface area contributed by atoms with Crippen LogP contribution in [-0.2, 0) is 21.1 Å². The van der Waals surface area contributed by atoms with Gasteiger partial charge in [-0.2, -0.15) is 0 Å². The molecule has 0 aliphatic carbocycles. The highest BCUT2D eigenvalue weighted by Crippen LogP contribution is 2.23. The molecule has 6 nitrogen and oxygen atoms in total. The minimum Gasteiger partial charge on any atom is -0.439 e. The largest absolute Gasteiger partial charge is 0.439 e. The molecule has 0 spiro atoms. The van der Waals surface area contributed by atoms with Gasteiger partial charge in [0.05, 0.1) is 29.3 Å². The van der Waals surface area contributed by atoms with Crippen molar-refractivity contribution in [2.24, 2.45) is 5.92 Å². The molecule has 0 bridgehead atoms. The van der Waals surface area contributed by atoms with Gasteiger partial charge in [0.15, 0.2) is 9.84 Å². The molecule has 0 radical (unpaired) electrons. The van der Waals surface area contributed by atoms with Gasteiger partial charge < -0.3 is 10.1 Å². The van der Waals surface area contributed by atoms with Gasteiger partial charge in [-0.1, -0.05) is 19.1 Å². The Bertz CT molecular complexity index is 863. The molecule has 132 valence electrons. The Morgan fingerprint density at radius 1 is 1.32 bits per heavy atom. The molecule has 0 saturated carbocycles. The van der Waals surface area contributed by atoms with Gasteiger partial charge in [-0.3, -0.25) is 4.79 Å². The number of nitrogens with zero attached hydrogens (tertiary/aromatic N) is 1. The molecule has 2 aromatic rings. The lowest BCUT2D eigenvalue weighted by atomic mass is 10.1.